The third-order valence-electron chi connectivity index (χ3n) is 2.44. The first-order chi connectivity index (χ1) is 7.74. The smallest absolute Gasteiger partial charge is 0.167 e. The van der Waals surface area contributed by atoms with Gasteiger partial charge in [-0.05, 0) is 31.3 Å². The summed E-state index contributed by atoms with van der Waals surface area (Å²) in [6, 6.07) is 10.4. The van der Waals surface area contributed by atoms with Gasteiger partial charge >= 0.3 is 0 Å². The Bertz CT molecular complexity index is 354. The Morgan fingerprint density at radius 2 is 2.00 bits per heavy atom. The lowest BCUT2D eigenvalue weighted by Crippen LogP contribution is -2.59. The predicted molar refractivity (Wildman–Crippen MR) is 69.9 cm³/mol. The molecule has 4 N–H and O–H groups in total. The second-order valence-electron chi connectivity index (χ2n) is 3.94. The van der Waals surface area contributed by atoms with Crippen LogP contribution in [0.1, 0.15) is 13.3 Å². The Kier molecular flexibility index (Phi) is 3.58. The zero-order valence-electron chi connectivity index (χ0n) is 9.16. The molecular formula is C11H16N4S. The van der Waals surface area contributed by atoms with Crippen LogP contribution in [0.3, 0.4) is 0 Å². The summed E-state index contributed by atoms with van der Waals surface area (Å²) in [7, 11) is 0. The standard InChI is InChI=1S/C11H16N4S/c1-8-7-10(13-11(16)12-8)15-14-9-5-3-2-4-6-9/h2-6,8,10,14-15H,7H2,1H3,(H2,12,13,16)/t8-,10+/m0/s1. The van der Waals surface area contributed by atoms with E-state index >= 15 is 0 Å². The molecule has 0 bridgehead atoms. The molecule has 1 aliphatic heterocycles. The predicted octanol–water partition coefficient (Wildman–Crippen LogP) is 1.19. The molecule has 0 unspecified atom stereocenters. The minimum Gasteiger partial charge on any atom is -0.360 e. The lowest BCUT2D eigenvalue weighted by Gasteiger charge is -2.31. The second kappa shape index (κ2) is 5.14. The largest absolute Gasteiger partial charge is 0.360 e. The number of hydrazine groups is 1. The molecular weight excluding hydrogens is 220 g/mol. The molecule has 4 nitrogen and oxygen atoms in total. The average molecular weight is 236 g/mol. The molecule has 5 heteroatoms. The van der Waals surface area contributed by atoms with E-state index in [0.29, 0.717) is 11.2 Å². The van der Waals surface area contributed by atoms with Gasteiger partial charge in [0, 0.05) is 18.2 Å². The molecule has 16 heavy (non-hydrogen) atoms. The Hall–Kier alpha value is -1.33. The van der Waals surface area contributed by atoms with Crippen LogP contribution in [0.5, 0.6) is 0 Å². The van der Waals surface area contributed by atoms with Gasteiger partial charge < -0.3 is 16.1 Å². The van der Waals surface area contributed by atoms with E-state index in [1.807, 2.05) is 30.3 Å². The molecule has 1 fully saturated rings. The highest BCUT2D eigenvalue weighted by atomic mass is 32.1. The van der Waals surface area contributed by atoms with Crippen LogP contribution in [0.4, 0.5) is 5.69 Å². The molecule has 0 aliphatic carbocycles. The fraction of sp³-hybridized carbons (Fsp3) is 0.364. The summed E-state index contributed by atoms with van der Waals surface area (Å²) < 4.78 is 0. The van der Waals surface area contributed by atoms with Gasteiger partial charge in [-0.15, -0.1) is 0 Å². The highest BCUT2D eigenvalue weighted by molar-refractivity contribution is 7.80. The number of thiocarbonyl (C=S) groups is 1. The monoisotopic (exact) mass is 236 g/mol. The van der Waals surface area contributed by atoms with E-state index in [0.717, 1.165) is 12.1 Å². The van der Waals surface area contributed by atoms with Crippen molar-refractivity contribution >= 4 is 23.0 Å². The van der Waals surface area contributed by atoms with Crippen LogP contribution in [-0.2, 0) is 0 Å². The maximum atomic E-state index is 5.10. The van der Waals surface area contributed by atoms with Crippen molar-refractivity contribution in [2.24, 2.45) is 0 Å². The van der Waals surface area contributed by atoms with Crippen LogP contribution in [0, 0.1) is 0 Å². The number of hydrogen-bond donors (Lipinski definition) is 4. The Balaban J connectivity index is 1.84. The molecule has 1 aliphatic rings. The zero-order valence-corrected chi connectivity index (χ0v) is 9.97. The highest BCUT2D eigenvalue weighted by Crippen LogP contribution is 2.05. The van der Waals surface area contributed by atoms with Crippen molar-refractivity contribution in [2.75, 3.05) is 5.43 Å². The molecule has 0 amide bonds. The van der Waals surface area contributed by atoms with E-state index in [-0.39, 0.29) is 6.17 Å². The maximum absolute atomic E-state index is 5.10. The third-order valence-corrected chi connectivity index (χ3v) is 2.67. The molecule has 2 rings (SSSR count). The van der Waals surface area contributed by atoms with Crippen LogP contribution in [-0.4, -0.2) is 17.3 Å². The summed E-state index contributed by atoms with van der Waals surface area (Å²) in [6.07, 6.45) is 1.13. The first kappa shape index (κ1) is 11.2. The molecule has 1 heterocycles. The van der Waals surface area contributed by atoms with Crippen molar-refractivity contribution in [3.63, 3.8) is 0 Å². The number of benzene rings is 1. The van der Waals surface area contributed by atoms with Crippen LogP contribution in [0.15, 0.2) is 30.3 Å². The van der Waals surface area contributed by atoms with Gasteiger partial charge in [0.1, 0.15) is 0 Å². The van der Waals surface area contributed by atoms with Crippen LogP contribution in [0.2, 0.25) is 0 Å². The molecule has 1 aromatic rings. The lowest BCUT2D eigenvalue weighted by molar-refractivity contribution is 0.402. The third kappa shape index (κ3) is 3.08. The number of hydrogen-bond acceptors (Lipinski definition) is 3. The number of nitrogens with one attached hydrogen (secondary N) is 4. The summed E-state index contributed by atoms with van der Waals surface area (Å²) in [5, 5.41) is 7.02. The number of anilines is 1. The van der Waals surface area contributed by atoms with E-state index in [1.165, 1.54) is 0 Å². The van der Waals surface area contributed by atoms with Gasteiger partial charge in [0.15, 0.2) is 5.11 Å². The first-order valence-electron chi connectivity index (χ1n) is 5.37. The van der Waals surface area contributed by atoms with Crippen LogP contribution in [0.25, 0.3) is 0 Å². The van der Waals surface area contributed by atoms with E-state index in [1.54, 1.807) is 0 Å². The highest BCUT2D eigenvalue weighted by Gasteiger charge is 2.19. The van der Waals surface area contributed by atoms with Gasteiger partial charge in [-0.1, -0.05) is 18.2 Å². The maximum Gasteiger partial charge on any atom is 0.167 e. The van der Waals surface area contributed by atoms with Gasteiger partial charge in [-0.2, -0.15) is 0 Å². The zero-order chi connectivity index (χ0) is 11.4. The van der Waals surface area contributed by atoms with Crippen molar-refractivity contribution in [1.29, 1.82) is 0 Å². The summed E-state index contributed by atoms with van der Waals surface area (Å²) in [5.74, 6) is 0. The summed E-state index contributed by atoms with van der Waals surface area (Å²) in [5.41, 5.74) is 7.41. The Morgan fingerprint density at radius 1 is 1.25 bits per heavy atom. The topological polar surface area (TPSA) is 48.1 Å². The fourth-order valence-electron chi connectivity index (χ4n) is 1.68. The summed E-state index contributed by atoms with van der Waals surface area (Å²) >= 11 is 5.10. The SMILES string of the molecule is C[C@H]1C[C@@H](NNc2ccccc2)NC(=S)N1. The van der Waals surface area contributed by atoms with Gasteiger partial charge in [-0.25, -0.2) is 5.43 Å². The quantitative estimate of drug-likeness (QED) is 0.469. The van der Waals surface area contributed by atoms with Crippen LogP contribution < -0.4 is 21.5 Å². The minimum atomic E-state index is 0.156. The summed E-state index contributed by atoms with van der Waals surface area (Å²) in [4.78, 5) is 0. The number of para-hydroxylation sites is 1. The van der Waals surface area contributed by atoms with Crippen LogP contribution >= 0.6 is 12.2 Å². The Labute approximate surface area is 101 Å². The molecule has 0 radical (unpaired) electrons. The van der Waals surface area contributed by atoms with Gasteiger partial charge in [0.2, 0.25) is 0 Å². The number of rotatable bonds is 3. The van der Waals surface area contributed by atoms with Crippen molar-refractivity contribution in [1.82, 2.24) is 16.1 Å². The van der Waals surface area contributed by atoms with E-state index in [4.69, 9.17) is 12.2 Å². The molecule has 86 valence electrons. The van der Waals surface area contributed by atoms with Crippen molar-refractivity contribution < 1.29 is 0 Å². The normalized spacial score (nSPS) is 24.4. The second-order valence-corrected chi connectivity index (χ2v) is 4.35. The lowest BCUT2D eigenvalue weighted by atomic mass is 10.2. The van der Waals surface area contributed by atoms with E-state index in [2.05, 4.69) is 28.4 Å². The Morgan fingerprint density at radius 3 is 2.69 bits per heavy atom. The van der Waals surface area contributed by atoms with Gasteiger partial charge in [0.25, 0.3) is 0 Å². The average Bonchev–Trinajstić information content (AvgIpc) is 2.27. The van der Waals surface area contributed by atoms with Crippen molar-refractivity contribution in [3.05, 3.63) is 30.3 Å². The van der Waals surface area contributed by atoms with E-state index in [9.17, 15) is 0 Å². The van der Waals surface area contributed by atoms with Gasteiger partial charge in [0.05, 0.1) is 6.17 Å². The molecule has 1 saturated heterocycles. The molecule has 0 spiro atoms. The minimum absolute atomic E-state index is 0.156. The van der Waals surface area contributed by atoms with E-state index < -0.39 is 0 Å². The van der Waals surface area contributed by atoms with Crippen molar-refractivity contribution in [2.45, 2.75) is 25.6 Å². The summed E-state index contributed by atoms with van der Waals surface area (Å²) in [6.45, 7) is 2.12. The fourth-order valence-corrected chi connectivity index (χ4v) is 2.03. The van der Waals surface area contributed by atoms with Crippen molar-refractivity contribution in [3.8, 4) is 0 Å². The molecule has 0 saturated carbocycles. The molecule has 2 atom stereocenters. The first-order valence-corrected chi connectivity index (χ1v) is 5.78. The molecule has 0 aromatic heterocycles. The molecule has 1 aromatic carbocycles. The van der Waals surface area contributed by atoms with Gasteiger partial charge in [-0.3, -0.25) is 0 Å².